The normalized spacial score (nSPS) is 15.9. The van der Waals surface area contributed by atoms with Crippen LogP contribution in [0.2, 0.25) is 5.02 Å². The van der Waals surface area contributed by atoms with Crippen molar-refractivity contribution in [2.24, 2.45) is 0 Å². The van der Waals surface area contributed by atoms with Crippen LogP contribution in [-0.4, -0.2) is 61.9 Å². The zero-order chi connectivity index (χ0) is 31.1. The maximum absolute atomic E-state index is 13.2. The fraction of sp³-hybridized carbons (Fsp3) is 0.242. The Bertz CT molecular complexity index is 1570. The Morgan fingerprint density at radius 3 is 2.50 bits per heavy atom. The van der Waals surface area contributed by atoms with Crippen molar-refractivity contribution in [1.82, 2.24) is 4.90 Å². The molecule has 0 spiro atoms. The monoisotopic (exact) mass is 633 g/mol. The largest absolute Gasteiger partial charge is 0.493 e. The summed E-state index contributed by atoms with van der Waals surface area (Å²) in [6.45, 7) is 6.73. The number of hydrogen-bond donors (Lipinski definition) is 1. The average molecular weight is 634 g/mol. The number of amides is 3. The van der Waals surface area contributed by atoms with E-state index in [9.17, 15) is 14.4 Å². The summed E-state index contributed by atoms with van der Waals surface area (Å²) in [6, 6.07) is 18.4. The Morgan fingerprint density at radius 1 is 1.09 bits per heavy atom. The minimum absolute atomic E-state index is 0.208. The lowest BCUT2D eigenvalue weighted by Gasteiger charge is -2.28. The third-order valence-corrected chi connectivity index (χ3v) is 8.19. The van der Waals surface area contributed by atoms with Gasteiger partial charge in [0, 0.05) is 35.1 Å². The topological polar surface area (TPSA) is 97.4 Å². The number of ether oxygens (including phenoxy) is 3. The van der Waals surface area contributed by atoms with Crippen molar-refractivity contribution in [2.75, 3.05) is 50.2 Å². The summed E-state index contributed by atoms with van der Waals surface area (Å²) in [5.74, 6) is 0.0278. The lowest BCUT2D eigenvalue weighted by atomic mass is 10.0. The first-order chi connectivity index (χ1) is 21.3. The quantitative estimate of drug-likeness (QED) is 0.198. The van der Waals surface area contributed by atoms with Crippen LogP contribution in [0, 0.1) is 0 Å². The molecule has 2 aliphatic rings. The minimum atomic E-state index is -0.537. The second-order valence-corrected chi connectivity index (χ2v) is 11.5. The van der Waals surface area contributed by atoms with Crippen molar-refractivity contribution < 1.29 is 28.6 Å². The van der Waals surface area contributed by atoms with Crippen LogP contribution in [0.3, 0.4) is 0 Å². The third-order valence-electron chi connectivity index (χ3n) is 7.04. The molecule has 3 aromatic rings. The van der Waals surface area contributed by atoms with Crippen LogP contribution < -0.4 is 19.7 Å². The van der Waals surface area contributed by atoms with Gasteiger partial charge in [0.15, 0.2) is 11.5 Å². The Kier molecular flexibility index (Phi) is 10.3. The molecule has 2 aliphatic heterocycles. The van der Waals surface area contributed by atoms with Gasteiger partial charge in [0.25, 0.3) is 11.1 Å². The molecule has 0 bridgehead atoms. The number of anilines is 2. The number of carbonyl (C=O) groups is 3. The first kappa shape index (κ1) is 31.2. The summed E-state index contributed by atoms with van der Waals surface area (Å²) < 4.78 is 17.1. The summed E-state index contributed by atoms with van der Waals surface area (Å²) in [4.78, 5) is 42.1. The van der Waals surface area contributed by atoms with Crippen LogP contribution in [0.4, 0.5) is 16.2 Å². The Balaban J connectivity index is 1.26. The molecule has 2 saturated heterocycles. The molecule has 2 fully saturated rings. The van der Waals surface area contributed by atoms with E-state index in [2.05, 4.69) is 16.8 Å². The van der Waals surface area contributed by atoms with Crippen LogP contribution in [0.5, 0.6) is 11.5 Å². The molecular formula is C33H32ClN3O6S. The lowest BCUT2D eigenvalue weighted by molar-refractivity contribution is -0.127. The van der Waals surface area contributed by atoms with Gasteiger partial charge in [0.2, 0.25) is 5.91 Å². The van der Waals surface area contributed by atoms with Gasteiger partial charge in [-0.15, -0.1) is 6.58 Å². The van der Waals surface area contributed by atoms with Crippen molar-refractivity contribution >= 4 is 57.9 Å². The molecule has 5 rings (SSSR count). The molecule has 3 amide bonds. The van der Waals surface area contributed by atoms with Crippen LogP contribution in [0.25, 0.3) is 6.08 Å². The number of nitrogens with zero attached hydrogens (tertiary/aromatic N) is 2. The molecule has 0 saturated carbocycles. The van der Waals surface area contributed by atoms with Crippen LogP contribution in [0.15, 0.2) is 78.2 Å². The number of hydrogen-bond acceptors (Lipinski definition) is 8. The summed E-state index contributed by atoms with van der Waals surface area (Å²) in [5.41, 5.74) is 4.00. The highest BCUT2D eigenvalue weighted by atomic mass is 35.5. The van der Waals surface area contributed by atoms with E-state index in [1.807, 2.05) is 30.3 Å². The second-order valence-electron chi connectivity index (χ2n) is 10.1. The Hall–Kier alpha value is -4.25. The Labute approximate surface area is 265 Å². The number of methoxy groups -OCH3 is 1. The van der Waals surface area contributed by atoms with Gasteiger partial charge in [-0.1, -0.05) is 29.8 Å². The maximum Gasteiger partial charge on any atom is 0.294 e. The molecule has 0 radical (unpaired) electrons. The highest BCUT2D eigenvalue weighted by molar-refractivity contribution is 8.18. The van der Waals surface area contributed by atoms with E-state index in [0.717, 1.165) is 46.6 Å². The summed E-state index contributed by atoms with van der Waals surface area (Å²) in [5, 5.41) is 2.90. The summed E-state index contributed by atoms with van der Waals surface area (Å²) in [7, 11) is 1.54. The lowest BCUT2D eigenvalue weighted by Crippen LogP contribution is -2.36. The maximum atomic E-state index is 13.2. The first-order valence-electron chi connectivity index (χ1n) is 14.0. The first-order valence-corrected chi connectivity index (χ1v) is 15.2. The third kappa shape index (κ3) is 7.63. The molecule has 228 valence electrons. The highest BCUT2D eigenvalue weighted by Gasteiger charge is 2.36. The molecule has 3 aromatic carbocycles. The standard InChI is InChI=1S/C33H32ClN3O6S/c1-3-4-24-17-23(18-28(41-2)31(24)43-21-22-5-7-25(34)8-6-22)19-29-32(39)37(33(40)44-29)20-30(38)35-26-9-11-27(12-10-26)36-13-15-42-16-14-36/h3,5-12,17-19H,1,4,13-16,20-21H2,2H3,(H,35,38)/b29-19-. The average Bonchev–Trinajstić information content (AvgIpc) is 3.29. The molecule has 2 heterocycles. The van der Waals surface area contributed by atoms with Crippen molar-refractivity contribution in [2.45, 2.75) is 13.0 Å². The van der Waals surface area contributed by atoms with E-state index < -0.39 is 23.6 Å². The van der Waals surface area contributed by atoms with E-state index in [-0.39, 0.29) is 4.91 Å². The smallest absolute Gasteiger partial charge is 0.294 e. The number of halogens is 1. The van der Waals surface area contributed by atoms with E-state index in [1.165, 1.54) is 7.11 Å². The number of imide groups is 1. The zero-order valence-corrected chi connectivity index (χ0v) is 25.8. The SMILES string of the molecule is C=CCc1cc(/C=C2\SC(=O)N(CC(=O)Nc3ccc(N4CCOCC4)cc3)C2=O)cc(OC)c1OCc1ccc(Cl)cc1. The molecule has 0 atom stereocenters. The van der Waals surface area contributed by atoms with E-state index in [0.29, 0.717) is 54.0 Å². The van der Waals surface area contributed by atoms with Crippen molar-refractivity contribution in [1.29, 1.82) is 0 Å². The van der Waals surface area contributed by atoms with Gasteiger partial charge in [0.1, 0.15) is 13.2 Å². The van der Waals surface area contributed by atoms with E-state index >= 15 is 0 Å². The predicted octanol–water partition coefficient (Wildman–Crippen LogP) is 6.17. The van der Waals surface area contributed by atoms with Crippen molar-refractivity contribution in [3.8, 4) is 11.5 Å². The molecule has 0 unspecified atom stereocenters. The molecular weight excluding hydrogens is 602 g/mol. The number of nitrogens with one attached hydrogen (secondary N) is 1. The summed E-state index contributed by atoms with van der Waals surface area (Å²) >= 11 is 6.78. The van der Waals surface area contributed by atoms with Gasteiger partial charge in [0.05, 0.1) is 25.2 Å². The molecule has 9 nitrogen and oxygen atoms in total. The Morgan fingerprint density at radius 2 is 1.82 bits per heavy atom. The molecule has 0 aliphatic carbocycles. The van der Waals surface area contributed by atoms with Crippen molar-refractivity contribution in [3.63, 3.8) is 0 Å². The van der Waals surface area contributed by atoms with Gasteiger partial charge < -0.3 is 24.4 Å². The fourth-order valence-corrected chi connectivity index (χ4v) is 5.80. The van der Waals surface area contributed by atoms with Crippen molar-refractivity contribution in [3.05, 3.63) is 99.9 Å². The number of thioether (sulfide) groups is 1. The number of carbonyl (C=O) groups excluding carboxylic acids is 3. The second kappa shape index (κ2) is 14.5. The number of morpholine rings is 1. The minimum Gasteiger partial charge on any atom is -0.493 e. The van der Waals surface area contributed by atoms with Gasteiger partial charge in [-0.25, -0.2) is 0 Å². The fourth-order valence-electron chi connectivity index (χ4n) is 4.83. The molecule has 0 aromatic heterocycles. The highest BCUT2D eigenvalue weighted by Crippen LogP contribution is 2.37. The number of benzene rings is 3. The van der Waals surface area contributed by atoms with Crippen LogP contribution in [0.1, 0.15) is 16.7 Å². The van der Waals surface area contributed by atoms with Gasteiger partial charge in [-0.3, -0.25) is 19.3 Å². The van der Waals surface area contributed by atoms with Crippen LogP contribution in [-0.2, 0) is 27.4 Å². The molecule has 44 heavy (non-hydrogen) atoms. The van der Waals surface area contributed by atoms with E-state index in [4.69, 9.17) is 25.8 Å². The number of rotatable bonds is 11. The molecule has 1 N–H and O–H groups in total. The van der Waals surface area contributed by atoms with Gasteiger partial charge in [-0.2, -0.15) is 0 Å². The van der Waals surface area contributed by atoms with Crippen LogP contribution >= 0.6 is 23.4 Å². The molecule has 11 heteroatoms. The number of allylic oxidation sites excluding steroid dienone is 1. The van der Waals surface area contributed by atoms with Gasteiger partial charge in [-0.05, 0) is 83.9 Å². The van der Waals surface area contributed by atoms with E-state index in [1.54, 1.807) is 42.5 Å². The summed E-state index contributed by atoms with van der Waals surface area (Å²) in [6.07, 6.45) is 3.85. The zero-order valence-electron chi connectivity index (χ0n) is 24.2. The predicted molar refractivity (Wildman–Crippen MR) is 173 cm³/mol. The van der Waals surface area contributed by atoms with Gasteiger partial charge >= 0.3 is 0 Å².